The van der Waals surface area contributed by atoms with Gasteiger partial charge in [-0.25, -0.2) is 0 Å². The first-order valence-corrected chi connectivity index (χ1v) is 9.93. The van der Waals surface area contributed by atoms with Crippen molar-refractivity contribution in [1.29, 1.82) is 0 Å². The summed E-state index contributed by atoms with van der Waals surface area (Å²) >= 11 is 0. The van der Waals surface area contributed by atoms with Crippen LogP contribution < -0.4 is 5.32 Å². The summed E-state index contributed by atoms with van der Waals surface area (Å²) in [4.78, 5) is 28.3. The van der Waals surface area contributed by atoms with Crippen LogP contribution in [0.3, 0.4) is 0 Å². The molecule has 148 valence electrons. The van der Waals surface area contributed by atoms with Crippen LogP contribution in [0.15, 0.2) is 24.3 Å². The van der Waals surface area contributed by atoms with Crippen LogP contribution in [0.1, 0.15) is 36.8 Å². The standard InChI is InChI=1S/C21H31N3O3/c1-17-4-2-3-5-18(17)14-22-19(26)15-23-10-8-21(9-11-23)7-6-20(27)24(16-21)12-13-25/h2-5,25H,6-16H2,1H3,(H,22,26). The summed E-state index contributed by atoms with van der Waals surface area (Å²) in [7, 11) is 0. The van der Waals surface area contributed by atoms with Gasteiger partial charge in [0.1, 0.15) is 0 Å². The van der Waals surface area contributed by atoms with Crippen molar-refractivity contribution in [3.63, 3.8) is 0 Å². The topological polar surface area (TPSA) is 72.9 Å². The third kappa shape index (κ3) is 5.08. The molecule has 3 rings (SSSR count). The number of benzene rings is 1. The summed E-state index contributed by atoms with van der Waals surface area (Å²) in [6, 6.07) is 8.10. The molecule has 0 aliphatic carbocycles. The van der Waals surface area contributed by atoms with Gasteiger partial charge in [-0.2, -0.15) is 0 Å². The van der Waals surface area contributed by atoms with Gasteiger partial charge in [0, 0.05) is 26.1 Å². The fourth-order valence-corrected chi connectivity index (χ4v) is 4.28. The number of β-amino-alcohol motifs (C(OH)–C–C–N with tert-alkyl or cyclic N) is 1. The number of piperidine rings is 2. The number of aryl methyl sites for hydroxylation is 1. The van der Waals surface area contributed by atoms with Gasteiger partial charge in [-0.1, -0.05) is 24.3 Å². The SMILES string of the molecule is Cc1ccccc1CNC(=O)CN1CCC2(CCC(=O)N(CCO)C2)CC1. The molecule has 1 spiro atoms. The largest absolute Gasteiger partial charge is 0.395 e. The summed E-state index contributed by atoms with van der Waals surface area (Å²) in [6.07, 6.45) is 3.53. The van der Waals surface area contributed by atoms with E-state index in [0.717, 1.165) is 44.5 Å². The highest BCUT2D eigenvalue weighted by molar-refractivity contribution is 5.78. The summed E-state index contributed by atoms with van der Waals surface area (Å²) in [5.74, 6) is 0.225. The molecule has 27 heavy (non-hydrogen) atoms. The molecule has 0 unspecified atom stereocenters. The minimum atomic E-state index is 0.0228. The van der Waals surface area contributed by atoms with Gasteiger partial charge in [0.05, 0.1) is 13.2 Å². The van der Waals surface area contributed by atoms with E-state index in [1.165, 1.54) is 5.56 Å². The number of nitrogens with zero attached hydrogens (tertiary/aromatic N) is 2. The minimum Gasteiger partial charge on any atom is -0.395 e. The quantitative estimate of drug-likeness (QED) is 0.789. The summed E-state index contributed by atoms with van der Waals surface area (Å²) in [5, 5.41) is 12.2. The van der Waals surface area contributed by atoms with Gasteiger partial charge in [-0.05, 0) is 55.8 Å². The molecule has 0 aromatic heterocycles. The maximum Gasteiger partial charge on any atom is 0.234 e. The third-order valence-electron chi connectivity index (χ3n) is 6.14. The Bertz CT molecular complexity index is 668. The number of aliphatic hydroxyl groups excluding tert-OH is 1. The van der Waals surface area contributed by atoms with E-state index in [1.54, 1.807) is 0 Å². The maximum atomic E-state index is 12.3. The highest BCUT2D eigenvalue weighted by Gasteiger charge is 2.40. The molecule has 2 amide bonds. The molecular formula is C21H31N3O3. The molecule has 0 bridgehead atoms. The van der Waals surface area contributed by atoms with Gasteiger partial charge in [0.2, 0.25) is 11.8 Å². The van der Waals surface area contributed by atoms with Crippen molar-refractivity contribution in [3.8, 4) is 0 Å². The molecule has 0 atom stereocenters. The average molecular weight is 373 g/mol. The second-order valence-electron chi connectivity index (χ2n) is 8.02. The normalized spacial score (nSPS) is 20.1. The van der Waals surface area contributed by atoms with Crippen LogP contribution in [0.5, 0.6) is 0 Å². The Morgan fingerprint density at radius 2 is 1.96 bits per heavy atom. The predicted octanol–water partition coefficient (Wildman–Crippen LogP) is 1.31. The first-order valence-electron chi connectivity index (χ1n) is 9.93. The second kappa shape index (κ2) is 8.85. The van der Waals surface area contributed by atoms with Gasteiger partial charge in [0.15, 0.2) is 0 Å². The van der Waals surface area contributed by atoms with E-state index >= 15 is 0 Å². The Labute approximate surface area is 161 Å². The van der Waals surface area contributed by atoms with Crippen LogP contribution in [0.25, 0.3) is 0 Å². The Balaban J connectivity index is 1.44. The molecule has 2 aliphatic rings. The molecular weight excluding hydrogens is 342 g/mol. The van der Waals surface area contributed by atoms with Crippen molar-refractivity contribution in [2.45, 2.75) is 39.2 Å². The highest BCUT2D eigenvalue weighted by Crippen LogP contribution is 2.40. The summed E-state index contributed by atoms with van der Waals surface area (Å²) in [5.41, 5.74) is 2.51. The van der Waals surface area contributed by atoms with Crippen molar-refractivity contribution in [2.24, 2.45) is 5.41 Å². The van der Waals surface area contributed by atoms with Crippen LogP contribution in [-0.2, 0) is 16.1 Å². The van der Waals surface area contributed by atoms with Crippen molar-refractivity contribution < 1.29 is 14.7 Å². The van der Waals surface area contributed by atoms with Gasteiger partial charge in [-0.15, -0.1) is 0 Å². The fourth-order valence-electron chi connectivity index (χ4n) is 4.28. The summed E-state index contributed by atoms with van der Waals surface area (Å²) in [6.45, 7) is 6.04. The second-order valence-corrected chi connectivity index (χ2v) is 8.02. The van der Waals surface area contributed by atoms with E-state index < -0.39 is 0 Å². The first-order chi connectivity index (χ1) is 13.0. The Hall–Kier alpha value is -1.92. The zero-order chi connectivity index (χ0) is 19.3. The van der Waals surface area contributed by atoms with Crippen LogP contribution in [0.2, 0.25) is 0 Å². The lowest BCUT2D eigenvalue weighted by Gasteiger charge is -2.47. The molecule has 2 fully saturated rings. The number of rotatable bonds is 6. The number of nitrogens with one attached hydrogen (secondary N) is 1. The summed E-state index contributed by atoms with van der Waals surface area (Å²) < 4.78 is 0. The van der Waals surface area contributed by atoms with E-state index in [9.17, 15) is 9.59 Å². The molecule has 6 heteroatoms. The number of aliphatic hydroxyl groups is 1. The van der Waals surface area contributed by atoms with Crippen LogP contribution in [0, 0.1) is 12.3 Å². The van der Waals surface area contributed by atoms with E-state index in [1.807, 2.05) is 23.1 Å². The number of carbonyl (C=O) groups excluding carboxylic acids is 2. The minimum absolute atomic E-state index is 0.0228. The molecule has 0 radical (unpaired) electrons. The van der Waals surface area contributed by atoms with Gasteiger partial charge in [-0.3, -0.25) is 14.5 Å². The predicted molar refractivity (Wildman–Crippen MR) is 104 cm³/mol. The molecule has 2 N–H and O–H groups in total. The van der Waals surface area contributed by atoms with Gasteiger partial charge in [0.25, 0.3) is 0 Å². The number of hydrogen-bond donors (Lipinski definition) is 2. The Kier molecular flexibility index (Phi) is 6.50. The number of likely N-dealkylation sites (tertiary alicyclic amines) is 2. The van der Waals surface area contributed by atoms with Crippen LogP contribution in [0.4, 0.5) is 0 Å². The first kappa shape index (κ1) is 19.8. The molecule has 2 saturated heterocycles. The molecule has 1 aromatic rings. The van der Waals surface area contributed by atoms with E-state index in [0.29, 0.717) is 26.1 Å². The molecule has 2 aliphatic heterocycles. The van der Waals surface area contributed by atoms with E-state index in [-0.39, 0.29) is 23.8 Å². The van der Waals surface area contributed by atoms with Gasteiger partial charge >= 0.3 is 0 Å². The lowest BCUT2D eigenvalue weighted by molar-refractivity contribution is -0.139. The Morgan fingerprint density at radius 1 is 1.22 bits per heavy atom. The smallest absolute Gasteiger partial charge is 0.234 e. The van der Waals surface area contributed by atoms with Crippen LogP contribution in [-0.4, -0.2) is 66.1 Å². The highest BCUT2D eigenvalue weighted by atomic mass is 16.3. The molecule has 1 aromatic carbocycles. The average Bonchev–Trinajstić information content (AvgIpc) is 2.66. The molecule has 0 saturated carbocycles. The van der Waals surface area contributed by atoms with Crippen molar-refractivity contribution in [1.82, 2.24) is 15.1 Å². The molecule has 2 heterocycles. The fraction of sp³-hybridized carbons (Fsp3) is 0.619. The third-order valence-corrected chi connectivity index (χ3v) is 6.14. The van der Waals surface area contributed by atoms with Crippen molar-refractivity contribution >= 4 is 11.8 Å². The maximum absolute atomic E-state index is 12.3. The number of hydrogen-bond acceptors (Lipinski definition) is 4. The van der Waals surface area contributed by atoms with Crippen molar-refractivity contribution in [3.05, 3.63) is 35.4 Å². The van der Waals surface area contributed by atoms with Crippen LogP contribution >= 0.6 is 0 Å². The Morgan fingerprint density at radius 3 is 2.67 bits per heavy atom. The molecule has 6 nitrogen and oxygen atoms in total. The lowest BCUT2D eigenvalue weighted by Crippen LogP contribution is -2.53. The zero-order valence-corrected chi connectivity index (χ0v) is 16.2. The number of amides is 2. The van der Waals surface area contributed by atoms with E-state index in [2.05, 4.69) is 23.2 Å². The van der Waals surface area contributed by atoms with E-state index in [4.69, 9.17) is 5.11 Å². The van der Waals surface area contributed by atoms with Gasteiger partial charge < -0.3 is 15.3 Å². The monoisotopic (exact) mass is 373 g/mol. The van der Waals surface area contributed by atoms with Crippen molar-refractivity contribution in [2.75, 3.05) is 39.3 Å². The lowest BCUT2D eigenvalue weighted by atomic mass is 9.72. The zero-order valence-electron chi connectivity index (χ0n) is 16.2. The number of carbonyl (C=O) groups is 2.